The molecular formula is C60H113NO5. The highest BCUT2D eigenvalue weighted by Gasteiger charge is 2.17. The van der Waals surface area contributed by atoms with E-state index in [2.05, 4.69) is 37.4 Å². The molecule has 0 saturated carbocycles. The largest absolute Gasteiger partial charge is 0.466 e. The molecule has 0 aliphatic heterocycles. The minimum Gasteiger partial charge on any atom is -0.466 e. The molecule has 388 valence electrons. The molecule has 0 aliphatic carbocycles. The fourth-order valence-corrected chi connectivity index (χ4v) is 8.92. The fourth-order valence-electron chi connectivity index (χ4n) is 8.92. The summed E-state index contributed by atoms with van der Waals surface area (Å²) in [6, 6.07) is -0.672. The molecule has 0 aromatic rings. The summed E-state index contributed by atoms with van der Waals surface area (Å²) in [6.45, 7) is 4.86. The number of aliphatic hydroxyl groups is 2. The second kappa shape index (κ2) is 55.7. The molecule has 1 amide bonds. The van der Waals surface area contributed by atoms with Gasteiger partial charge in [-0.2, -0.15) is 0 Å². The number of rotatable bonds is 54. The molecular weight excluding hydrogens is 815 g/mol. The number of esters is 1. The lowest BCUT2D eigenvalue weighted by atomic mass is 10.0. The van der Waals surface area contributed by atoms with Crippen molar-refractivity contribution in [3.8, 4) is 0 Å². The third-order valence-electron chi connectivity index (χ3n) is 13.4. The lowest BCUT2D eigenvalue weighted by Gasteiger charge is -2.19. The molecule has 0 aromatic heterocycles. The fraction of sp³-hybridized carbons (Fsp3) is 0.867. The van der Waals surface area contributed by atoms with Gasteiger partial charge in [0.25, 0.3) is 0 Å². The molecule has 0 aliphatic rings. The van der Waals surface area contributed by atoms with Crippen molar-refractivity contribution in [1.29, 1.82) is 0 Å². The van der Waals surface area contributed by atoms with Crippen LogP contribution in [-0.4, -0.2) is 47.4 Å². The topological polar surface area (TPSA) is 95.9 Å². The van der Waals surface area contributed by atoms with Crippen LogP contribution >= 0.6 is 0 Å². The molecule has 3 N–H and O–H groups in total. The van der Waals surface area contributed by atoms with Crippen molar-refractivity contribution in [3.63, 3.8) is 0 Å². The first-order valence-corrected chi connectivity index (χ1v) is 29.3. The highest BCUT2D eigenvalue weighted by Crippen LogP contribution is 2.17. The summed E-state index contributed by atoms with van der Waals surface area (Å²) in [5.41, 5.74) is 0. The number of allylic oxidation sites excluding steroid dienone is 5. The third kappa shape index (κ3) is 51.5. The molecule has 0 fully saturated rings. The highest BCUT2D eigenvalue weighted by atomic mass is 16.5. The van der Waals surface area contributed by atoms with E-state index in [1.807, 2.05) is 12.2 Å². The Labute approximate surface area is 411 Å². The van der Waals surface area contributed by atoms with E-state index in [4.69, 9.17) is 4.74 Å². The van der Waals surface area contributed by atoms with Crippen LogP contribution in [0.1, 0.15) is 309 Å². The molecule has 2 unspecified atom stereocenters. The van der Waals surface area contributed by atoms with Crippen LogP contribution in [0, 0.1) is 0 Å². The summed E-state index contributed by atoms with van der Waals surface area (Å²) >= 11 is 0. The number of ether oxygens (including phenoxy) is 1. The Morgan fingerprint density at radius 2 is 0.773 bits per heavy atom. The maximum atomic E-state index is 12.4. The first kappa shape index (κ1) is 64.1. The molecule has 6 heteroatoms. The summed E-state index contributed by atoms with van der Waals surface area (Å²) in [4.78, 5) is 24.5. The van der Waals surface area contributed by atoms with Crippen LogP contribution < -0.4 is 5.32 Å². The number of unbranched alkanes of at least 4 members (excludes halogenated alkanes) is 39. The van der Waals surface area contributed by atoms with Crippen LogP contribution in [0.15, 0.2) is 36.5 Å². The van der Waals surface area contributed by atoms with Gasteiger partial charge in [0.05, 0.1) is 25.4 Å². The Morgan fingerprint density at radius 3 is 1.18 bits per heavy atom. The molecule has 6 nitrogen and oxygen atoms in total. The summed E-state index contributed by atoms with van der Waals surface area (Å²) < 4.78 is 5.47. The molecule has 0 spiro atoms. The van der Waals surface area contributed by atoms with E-state index in [0.29, 0.717) is 25.9 Å². The van der Waals surface area contributed by atoms with Gasteiger partial charge in [-0.3, -0.25) is 9.59 Å². The predicted molar refractivity (Wildman–Crippen MR) is 287 cm³/mol. The number of carbonyl (C=O) groups is 2. The monoisotopic (exact) mass is 928 g/mol. The number of hydrogen-bond donors (Lipinski definition) is 3. The maximum absolute atomic E-state index is 12.4. The van der Waals surface area contributed by atoms with Gasteiger partial charge in [0.15, 0.2) is 0 Å². The summed E-state index contributed by atoms with van der Waals surface area (Å²) in [5, 5.41) is 23.1. The summed E-state index contributed by atoms with van der Waals surface area (Å²) in [7, 11) is 0. The normalized spacial score (nSPS) is 12.8. The smallest absolute Gasteiger partial charge is 0.305 e. The van der Waals surface area contributed by atoms with Crippen LogP contribution in [0.4, 0.5) is 0 Å². The van der Waals surface area contributed by atoms with E-state index in [1.165, 1.54) is 225 Å². The maximum Gasteiger partial charge on any atom is 0.305 e. The van der Waals surface area contributed by atoms with Crippen molar-refractivity contribution in [1.82, 2.24) is 5.32 Å². The predicted octanol–water partition coefficient (Wildman–Crippen LogP) is 18.0. The van der Waals surface area contributed by atoms with Gasteiger partial charge in [-0.25, -0.2) is 0 Å². The summed E-state index contributed by atoms with van der Waals surface area (Å²) in [5.74, 6) is -0.161. The van der Waals surface area contributed by atoms with Crippen LogP contribution in [0.5, 0.6) is 0 Å². The Hall–Kier alpha value is -1.92. The zero-order chi connectivity index (χ0) is 47.9. The molecule has 0 saturated heterocycles. The Kier molecular flexibility index (Phi) is 54.1. The number of hydrogen-bond acceptors (Lipinski definition) is 5. The Bertz CT molecular complexity index is 1070. The van der Waals surface area contributed by atoms with E-state index in [1.54, 1.807) is 6.08 Å². The van der Waals surface area contributed by atoms with Gasteiger partial charge >= 0.3 is 5.97 Å². The standard InChI is InChI=1S/C60H113NO5/c1-3-5-7-9-11-13-15-17-19-21-22-24-25-28-32-36-40-44-48-52-58(63)57(56-62)61-59(64)53-49-45-41-37-33-29-27-31-35-39-43-47-51-55-66-60(65)54-50-46-42-38-34-30-26-23-20-18-16-14-12-10-8-6-4-2/h29,33,41,45,48,52,57-58,62-63H,3-28,30-32,34-40,42-44,46-47,49-51,53-56H2,1-2H3,(H,61,64)/b33-29-,45-41-,52-48+. The average Bonchev–Trinajstić information content (AvgIpc) is 3.32. The van der Waals surface area contributed by atoms with Gasteiger partial charge in [-0.05, 0) is 51.4 Å². The van der Waals surface area contributed by atoms with Crippen molar-refractivity contribution in [2.24, 2.45) is 0 Å². The van der Waals surface area contributed by atoms with E-state index in [-0.39, 0.29) is 18.5 Å². The number of amides is 1. The summed E-state index contributed by atoms with van der Waals surface area (Å²) in [6.07, 6.45) is 68.9. The van der Waals surface area contributed by atoms with Gasteiger partial charge in [0.1, 0.15) is 0 Å². The van der Waals surface area contributed by atoms with Gasteiger partial charge in [0.2, 0.25) is 5.91 Å². The lowest BCUT2D eigenvalue weighted by Crippen LogP contribution is -2.45. The van der Waals surface area contributed by atoms with Crippen LogP contribution in [-0.2, 0) is 14.3 Å². The zero-order valence-corrected chi connectivity index (χ0v) is 44.2. The molecule has 0 bridgehead atoms. The van der Waals surface area contributed by atoms with E-state index >= 15 is 0 Å². The Morgan fingerprint density at radius 1 is 0.424 bits per heavy atom. The van der Waals surface area contributed by atoms with Gasteiger partial charge in [-0.1, -0.05) is 281 Å². The van der Waals surface area contributed by atoms with Crippen LogP contribution in [0.2, 0.25) is 0 Å². The zero-order valence-electron chi connectivity index (χ0n) is 44.2. The highest BCUT2D eigenvalue weighted by molar-refractivity contribution is 5.76. The minimum absolute atomic E-state index is 0.0144. The van der Waals surface area contributed by atoms with E-state index in [0.717, 1.165) is 51.4 Å². The van der Waals surface area contributed by atoms with Crippen molar-refractivity contribution in [2.75, 3.05) is 13.2 Å². The van der Waals surface area contributed by atoms with Gasteiger partial charge in [-0.15, -0.1) is 0 Å². The van der Waals surface area contributed by atoms with Crippen molar-refractivity contribution in [3.05, 3.63) is 36.5 Å². The average molecular weight is 929 g/mol. The van der Waals surface area contributed by atoms with Crippen molar-refractivity contribution < 1.29 is 24.5 Å². The van der Waals surface area contributed by atoms with E-state index < -0.39 is 12.1 Å². The third-order valence-corrected chi connectivity index (χ3v) is 13.4. The molecule has 0 radical (unpaired) electrons. The van der Waals surface area contributed by atoms with Crippen LogP contribution in [0.3, 0.4) is 0 Å². The van der Waals surface area contributed by atoms with E-state index in [9.17, 15) is 19.8 Å². The first-order valence-electron chi connectivity index (χ1n) is 29.3. The number of carbonyl (C=O) groups excluding carboxylic acids is 2. The minimum atomic E-state index is -0.880. The lowest BCUT2D eigenvalue weighted by molar-refractivity contribution is -0.143. The molecule has 0 aromatic carbocycles. The first-order chi connectivity index (χ1) is 32.5. The quantitative estimate of drug-likeness (QED) is 0.0321. The van der Waals surface area contributed by atoms with Crippen LogP contribution in [0.25, 0.3) is 0 Å². The molecule has 0 rings (SSSR count). The van der Waals surface area contributed by atoms with Crippen molar-refractivity contribution >= 4 is 11.9 Å². The van der Waals surface area contributed by atoms with Gasteiger partial charge in [0, 0.05) is 12.8 Å². The molecule has 66 heavy (non-hydrogen) atoms. The second-order valence-corrected chi connectivity index (χ2v) is 20.0. The molecule has 0 heterocycles. The van der Waals surface area contributed by atoms with Gasteiger partial charge < -0.3 is 20.3 Å². The molecule has 2 atom stereocenters. The van der Waals surface area contributed by atoms with Crippen molar-refractivity contribution in [2.45, 2.75) is 321 Å². The second-order valence-electron chi connectivity index (χ2n) is 20.0. The Balaban J connectivity index is 3.55. The number of nitrogens with one attached hydrogen (secondary N) is 1. The SMILES string of the molecule is CCCCCCCCCCCCCCCCCCC/C=C/C(O)C(CO)NC(=O)CC/C=C\C/C=C\CCCCCCCCOC(=O)CCCCCCCCCCCCCCCCCCC. The number of aliphatic hydroxyl groups excluding tert-OH is 2.